The van der Waals surface area contributed by atoms with E-state index in [4.69, 9.17) is 5.73 Å². The molecule has 0 bridgehead atoms. The molecule has 0 aliphatic heterocycles. The zero-order valence-corrected chi connectivity index (χ0v) is 12.1. The van der Waals surface area contributed by atoms with Crippen LogP contribution in [-0.2, 0) is 0 Å². The lowest BCUT2D eigenvalue weighted by Crippen LogP contribution is -2.20. The van der Waals surface area contributed by atoms with Gasteiger partial charge in [0.1, 0.15) is 11.6 Å². The monoisotopic (exact) mass is 341 g/mol. The van der Waals surface area contributed by atoms with Crippen molar-refractivity contribution in [1.82, 2.24) is 0 Å². The summed E-state index contributed by atoms with van der Waals surface area (Å²) < 4.78 is 27.4. The minimum atomic E-state index is -0.932. The van der Waals surface area contributed by atoms with Crippen LogP contribution in [0.2, 0.25) is 0 Å². The van der Waals surface area contributed by atoms with Gasteiger partial charge in [0.2, 0.25) is 0 Å². The van der Waals surface area contributed by atoms with Gasteiger partial charge in [0, 0.05) is 23.0 Å². The minimum Gasteiger partial charge on any atom is -0.388 e. The Bertz CT molecular complexity index is 586. The fourth-order valence-corrected chi connectivity index (χ4v) is 2.58. The Kier molecular flexibility index (Phi) is 4.86. The Morgan fingerprint density at radius 3 is 2.25 bits per heavy atom. The van der Waals surface area contributed by atoms with E-state index < -0.39 is 23.7 Å². The summed E-state index contributed by atoms with van der Waals surface area (Å²) in [6, 6.07) is 10.3. The van der Waals surface area contributed by atoms with Crippen LogP contribution in [0.3, 0.4) is 0 Å². The molecule has 0 aromatic heterocycles. The highest BCUT2D eigenvalue weighted by atomic mass is 79.9. The normalized spacial score (nSPS) is 14.1. The summed E-state index contributed by atoms with van der Waals surface area (Å²) in [5, 5.41) is 10.4. The van der Waals surface area contributed by atoms with Crippen molar-refractivity contribution in [2.45, 2.75) is 12.0 Å². The number of hydrogen-bond acceptors (Lipinski definition) is 2. The molecule has 0 amide bonds. The zero-order chi connectivity index (χ0) is 14.7. The van der Waals surface area contributed by atoms with Gasteiger partial charge in [0.05, 0.1) is 6.10 Å². The molecule has 2 aromatic carbocycles. The Labute approximate surface area is 124 Å². The molecule has 5 heteroatoms. The lowest BCUT2D eigenvalue weighted by atomic mass is 9.89. The van der Waals surface area contributed by atoms with Crippen molar-refractivity contribution in [2.24, 2.45) is 5.73 Å². The van der Waals surface area contributed by atoms with E-state index in [-0.39, 0.29) is 6.54 Å². The second-order valence-electron chi connectivity index (χ2n) is 4.54. The lowest BCUT2D eigenvalue weighted by Gasteiger charge is -2.22. The number of nitrogens with two attached hydrogens (primary N) is 1. The van der Waals surface area contributed by atoms with Crippen LogP contribution in [-0.4, -0.2) is 11.7 Å². The largest absolute Gasteiger partial charge is 0.388 e. The maximum absolute atomic E-state index is 13.3. The zero-order valence-electron chi connectivity index (χ0n) is 10.6. The molecular weight excluding hydrogens is 328 g/mol. The van der Waals surface area contributed by atoms with E-state index in [2.05, 4.69) is 15.9 Å². The summed E-state index contributed by atoms with van der Waals surface area (Å²) in [7, 11) is 0. The highest BCUT2D eigenvalue weighted by Crippen LogP contribution is 2.32. The first-order valence-corrected chi connectivity index (χ1v) is 6.90. The van der Waals surface area contributed by atoms with Gasteiger partial charge in [-0.1, -0.05) is 28.1 Å². The van der Waals surface area contributed by atoms with Gasteiger partial charge in [0.15, 0.2) is 0 Å². The summed E-state index contributed by atoms with van der Waals surface area (Å²) in [6.07, 6.45) is -0.932. The highest BCUT2D eigenvalue weighted by Gasteiger charge is 2.22. The Morgan fingerprint density at radius 2 is 1.70 bits per heavy atom. The molecule has 0 heterocycles. The van der Waals surface area contributed by atoms with Gasteiger partial charge < -0.3 is 10.8 Å². The number of halogens is 3. The lowest BCUT2D eigenvalue weighted by molar-refractivity contribution is 0.147. The number of rotatable bonds is 4. The molecule has 0 aliphatic rings. The van der Waals surface area contributed by atoms with E-state index in [0.717, 1.165) is 10.5 Å². The fourth-order valence-electron chi connectivity index (χ4n) is 2.16. The molecule has 20 heavy (non-hydrogen) atoms. The summed E-state index contributed by atoms with van der Waals surface area (Å²) in [5.41, 5.74) is 6.65. The third kappa shape index (κ3) is 3.42. The second-order valence-corrected chi connectivity index (χ2v) is 5.46. The van der Waals surface area contributed by atoms with Gasteiger partial charge in [-0.15, -0.1) is 0 Å². The van der Waals surface area contributed by atoms with E-state index in [1.165, 1.54) is 12.1 Å². The van der Waals surface area contributed by atoms with Gasteiger partial charge in [-0.3, -0.25) is 0 Å². The molecule has 2 nitrogen and oxygen atoms in total. The predicted molar refractivity (Wildman–Crippen MR) is 77.3 cm³/mol. The van der Waals surface area contributed by atoms with Crippen LogP contribution in [0.4, 0.5) is 8.78 Å². The van der Waals surface area contributed by atoms with Crippen LogP contribution in [0.25, 0.3) is 0 Å². The van der Waals surface area contributed by atoms with Crippen LogP contribution < -0.4 is 5.73 Å². The van der Waals surface area contributed by atoms with E-state index in [1.54, 1.807) is 18.2 Å². The van der Waals surface area contributed by atoms with Crippen molar-refractivity contribution in [3.8, 4) is 0 Å². The standard InChI is InChI=1S/C15H14BrF2NO/c16-11-3-1-2-9(4-11)15(20)14(8-19)10-5-12(17)7-13(18)6-10/h1-7,14-15,20H,8,19H2. The topological polar surface area (TPSA) is 46.2 Å². The van der Waals surface area contributed by atoms with Crippen molar-refractivity contribution in [3.05, 3.63) is 69.7 Å². The van der Waals surface area contributed by atoms with Crippen molar-refractivity contribution in [1.29, 1.82) is 0 Å². The Morgan fingerprint density at radius 1 is 1.05 bits per heavy atom. The first-order chi connectivity index (χ1) is 9.51. The summed E-state index contributed by atoms with van der Waals surface area (Å²) in [6.45, 7) is 0.0799. The first-order valence-electron chi connectivity index (χ1n) is 6.11. The second kappa shape index (κ2) is 6.43. The molecule has 106 valence electrons. The molecule has 2 unspecified atom stereocenters. The third-order valence-corrected chi connectivity index (χ3v) is 3.63. The average Bonchev–Trinajstić information content (AvgIpc) is 2.38. The number of hydrogen-bond donors (Lipinski definition) is 2. The van der Waals surface area contributed by atoms with Crippen LogP contribution in [0.1, 0.15) is 23.1 Å². The Hall–Kier alpha value is -1.30. The molecular formula is C15H14BrF2NO. The minimum absolute atomic E-state index is 0.0799. The fraction of sp³-hybridized carbons (Fsp3) is 0.200. The number of aliphatic hydroxyl groups excluding tert-OH is 1. The smallest absolute Gasteiger partial charge is 0.126 e. The quantitative estimate of drug-likeness (QED) is 0.893. The molecule has 0 radical (unpaired) electrons. The molecule has 2 atom stereocenters. The van der Waals surface area contributed by atoms with E-state index in [0.29, 0.717) is 11.1 Å². The van der Waals surface area contributed by atoms with Gasteiger partial charge >= 0.3 is 0 Å². The Balaban J connectivity index is 2.36. The van der Waals surface area contributed by atoms with E-state index >= 15 is 0 Å². The van der Waals surface area contributed by atoms with Gasteiger partial charge in [-0.2, -0.15) is 0 Å². The third-order valence-electron chi connectivity index (χ3n) is 3.14. The van der Waals surface area contributed by atoms with Gasteiger partial charge in [-0.05, 0) is 35.4 Å². The number of benzene rings is 2. The maximum Gasteiger partial charge on any atom is 0.126 e. The molecule has 0 aliphatic carbocycles. The molecule has 2 aromatic rings. The average molecular weight is 342 g/mol. The molecule has 0 spiro atoms. The van der Waals surface area contributed by atoms with Crippen LogP contribution in [0.15, 0.2) is 46.9 Å². The van der Waals surface area contributed by atoms with Crippen molar-refractivity contribution in [2.75, 3.05) is 6.54 Å². The van der Waals surface area contributed by atoms with Crippen LogP contribution >= 0.6 is 15.9 Å². The van der Waals surface area contributed by atoms with Crippen molar-refractivity contribution < 1.29 is 13.9 Å². The number of aliphatic hydroxyl groups is 1. The molecule has 3 N–H and O–H groups in total. The van der Waals surface area contributed by atoms with E-state index in [1.807, 2.05) is 6.07 Å². The first kappa shape index (κ1) is 15.1. The maximum atomic E-state index is 13.3. The predicted octanol–water partition coefficient (Wildman–Crippen LogP) is 3.50. The van der Waals surface area contributed by atoms with Crippen LogP contribution in [0, 0.1) is 11.6 Å². The summed E-state index contributed by atoms with van der Waals surface area (Å²) >= 11 is 3.32. The highest BCUT2D eigenvalue weighted by molar-refractivity contribution is 9.10. The molecule has 0 saturated heterocycles. The van der Waals surface area contributed by atoms with Gasteiger partial charge in [0.25, 0.3) is 0 Å². The SMILES string of the molecule is NCC(c1cc(F)cc(F)c1)C(O)c1cccc(Br)c1. The van der Waals surface area contributed by atoms with Crippen molar-refractivity contribution in [3.63, 3.8) is 0 Å². The molecule has 0 fully saturated rings. The molecule has 0 saturated carbocycles. The van der Waals surface area contributed by atoms with Crippen molar-refractivity contribution >= 4 is 15.9 Å². The van der Waals surface area contributed by atoms with E-state index in [9.17, 15) is 13.9 Å². The van der Waals surface area contributed by atoms with Crippen LogP contribution in [0.5, 0.6) is 0 Å². The summed E-state index contributed by atoms with van der Waals surface area (Å²) in [4.78, 5) is 0. The van der Waals surface area contributed by atoms with Gasteiger partial charge in [-0.25, -0.2) is 8.78 Å². The molecule has 2 rings (SSSR count). The summed E-state index contributed by atoms with van der Waals surface area (Å²) in [5.74, 6) is -1.94.